The lowest BCUT2D eigenvalue weighted by Gasteiger charge is -2.13. The standard InChI is InChI=1S/C19H24N4O.HI/c1-14-9-10-16(15(2)11-14)12-21-19(20-3)22-13-18(24)23-17-7-5-4-6-8-17;/h4-11H,12-13H2,1-3H3,(H,23,24)(H2,20,21,22);1H. The van der Waals surface area contributed by atoms with E-state index in [1.165, 1.54) is 16.7 Å². The van der Waals surface area contributed by atoms with E-state index < -0.39 is 0 Å². The van der Waals surface area contributed by atoms with Gasteiger partial charge in [-0.3, -0.25) is 9.79 Å². The summed E-state index contributed by atoms with van der Waals surface area (Å²) in [5, 5.41) is 9.07. The van der Waals surface area contributed by atoms with Crippen LogP contribution in [0.4, 0.5) is 5.69 Å². The first-order valence-corrected chi connectivity index (χ1v) is 7.94. The van der Waals surface area contributed by atoms with Crippen LogP contribution >= 0.6 is 24.0 Å². The number of benzene rings is 2. The van der Waals surface area contributed by atoms with Gasteiger partial charge in [-0.15, -0.1) is 24.0 Å². The number of anilines is 1. The Morgan fingerprint density at radius 2 is 1.76 bits per heavy atom. The van der Waals surface area contributed by atoms with Gasteiger partial charge in [-0.1, -0.05) is 42.0 Å². The van der Waals surface area contributed by atoms with E-state index >= 15 is 0 Å². The average molecular weight is 452 g/mol. The van der Waals surface area contributed by atoms with E-state index in [2.05, 4.69) is 53.0 Å². The van der Waals surface area contributed by atoms with Gasteiger partial charge in [0.05, 0.1) is 6.54 Å². The first kappa shape index (κ1) is 21.0. The van der Waals surface area contributed by atoms with Crippen LogP contribution in [0.2, 0.25) is 0 Å². The molecule has 0 saturated carbocycles. The van der Waals surface area contributed by atoms with E-state index in [0.717, 1.165) is 5.69 Å². The van der Waals surface area contributed by atoms with E-state index in [1.54, 1.807) is 7.05 Å². The first-order valence-electron chi connectivity index (χ1n) is 7.94. The van der Waals surface area contributed by atoms with Crippen molar-refractivity contribution in [3.05, 3.63) is 65.2 Å². The van der Waals surface area contributed by atoms with E-state index in [4.69, 9.17) is 0 Å². The van der Waals surface area contributed by atoms with Crippen LogP contribution in [0, 0.1) is 13.8 Å². The number of carbonyl (C=O) groups is 1. The number of guanidine groups is 1. The van der Waals surface area contributed by atoms with Gasteiger partial charge in [-0.25, -0.2) is 0 Å². The molecule has 0 aromatic heterocycles. The summed E-state index contributed by atoms with van der Waals surface area (Å²) in [6.45, 7) is 4.98. The number of halogens is 1. The average Bonchev–Trinajstić information content (AvgIpc) is 2.57. The molecule has 0 aliphatic carbocycles. The molecular formula is C19H25IN4O. The molecular weight excluding hydrogens is 427 g/mol. The Hall–Kier alpha value is -2.09. The van der Waals surface area contributed by atoms with Crippen LogP contribution in [0.5, 0.6) is 0 Å². The molecule has 1 amide bonds. The molecule has 3 N–H and O–H groups in total. The van der Waals surface area contributed by atoms with Crippen LogP contribution in [-0.4, -0.2) is 25.5 Å². The molecule has 134 valence electrons. The van der Waals surface area contributed by atoms with Crippen LogP contribution in [0.1, 0.15) is 16.7 Å². The zero-order chi connectivity index (χ0) is 17.4. The summed E-state index contributed by atoms with van der Waals surface area (Å²) in [6.07, 6.45) is 0. The quantitative estimate of drug-likeness (QED) is 0.371. The lowest BCUT2D eigenvalue weighted by Crippen LogP contribution is -2.41. The number of nitrogens with one attached hydrogen (secondary N) is 3. The SMILES string of the molecule is CN=C(NCC(=O)Nc1ccccc1)NCc1ccc(C)cc1C.I. The summed E-state index contributed by atoms with van der Waals surface area (Å²) in [5.74, 6) is 0.480. The zero-order valence-electron chi connectivity index (χ0n) is 14.8. The lowest BCUT2D eigenvalue weighted by atomic mass is 10.1. The highest BCUT2D eigenvalue weighted by atomic mass is 127. The number of aryl methyl sites for hydroxylation is 2. The van der Waals surface area contributed by atoms with Crippen molar-refractivity contribution < 1.29 is 4.79 Å². The van der Waals surface area contributed by atoms with Gasteiger partial charge >= 0.3 is 0 Å². The van der Waals surface area contributed by atoms with Crippen LogP contribution in [-0.2, 0) is 11.3 Å². The van der Waals surface area contributed by atoms with Crippen molar-refractivity contribution in [2.45, 2.75) is 20.4 Å². The van der Waals surface area contributed by atoms with Crippen LogP contribution in [0.25, 0.3) is 0 Å². The molecule has 0 bridgehead atoms. The van der Waals surface area contributed by atoms with E-state index in [-0.39, 0.29) is 36.4 Å². The van der Waals surface area contributed by atoms with Gasteiger partial charge in [0.1, 0.15) is 0 Å². The fourth-order valence-electron chi connectivity index (χ4n) is 2.33. The molecule has 0 aliphatic heterocycles. The number of aliphatic imine (C=N–C) groups is 1. The van der Waals surface area contributed by atoms with Crippen molar-refractivity contribution >= 4 is 41.5 Å². The largest absolute Gasteiger partial charge is 0.352 e. The van der Waals surface area contributed by atoms with E-state index in [9.17, 15) is 4.79 Å². The highest BCUT2D eigenvalue weighted by Gasteiger charge is 2.05. The Balaban J connectivity index is 0.00000312. The van der Waals surface area contributed by atoms with E-state index in [1.807, 2.05) is 30.3 Å². The van der Waals surface area contributed by atoms with Crippen LogP contribution in [0.3, 0.4) is 0 Å². The Kier molecular flexibility index (Phi) is 8.98. The summed E-state index contributed by atoms with van der Waals surface area (Å²) in [5.41, 5.74) is 4.47. The lowest BCUT2D eigenvalue weighted by molar-refractivity contribution is -0.115. The monoisotopic (exact) mass is 452 g/mol. The maximum atomic E-state index is 11.9. The van der Waals surface area contributed by atoms with Crippen molar-refractivity contribution in [2.75, 3.05) is 18.9 Å². The van der Waals surface area contributed by atoms with Gasteiger partial charge in [0.15, 0.2) is 5.96 Å². The molecule has 2 rings (SSSR count). The number of amides is 1. The number of para-hydroxylation sites is 1. The zero-order valence-corrected chi connectivity index (χ0v) is 17.1. The molecule has 25 heavy (non-hydrogen) atoms. The minimum absolute atomic E-state index is 0. The Morgan fingerprint density at radius 3 is 2.40 bits per heavy atom. The molecule has 2 aromatic carbocycles. The summed E-state index contributed by atoms with van der Waals surface area (Å²) < 4.78 is 0. The normalized spacial score (nSPS) is 10.6. The second-order valence-corrected chi connectivity index (χ2v) is 5.62. The van der Waals surface area contributed by atoms with Crippen molar-refractivity contribution in [1.29, 1.82) is 0 Å². The van der Waals surface area contributed by atoms with Gasteiger partial charge < -0.3 is 16.0 Å². The highest BCUT2D eigenvalue weighted by Crippen LogP contribution is 2.10. The number of nitrogens with zero attached hydrogens (tertiary/aromatic N) is 1. The Labute approximate surface area is 166 Å². The summed E-state index contributed by atoms with van der Waals surface area (Å²) in [4.78, 5) is 16.1. The number of hydrogen-bond donors (Lipinski definition) is 3. The van der Waals surface area contributed by atoms with Gasteiger partial charge in [0.25, 0.3) is 0 Å². The molecule has 2 aromatic rings. The molecule has 6 heteroatoms. The van der Waals surface area contributed by atoms with E-state index in [0.29, 0.717) is 12.5 Å². The third-order valence-corrected chi connectivity index (χ3v) is 3.64. The predicted octanol–water partition coefficient (Wildman–Crippen LogP) is 3.23. The van der Waals surface area contributed by atoms with Crippen molar-refractivity contribution in [1.82, 2.24) is 10.6 Å². The van der Waals surface area contributed by atoms with Crippen molar-refractivity contribution in [3.63, 3.8) is 0 Å². The molecule has 0 unspecified atom stereocenters. The second kappa shape index (κ2) is 10.7. The topological polar surface area (TPSA) is 65.5 Å². The molecule has 0 fully saturated rings. The molecule has 0 radical (unpaired) electrons. The number of hydrogen-bond acceptors (Lipinski definition) is 2. The Morgan fingerprint density at radius 1 is 1.04 bits per heavy atom. The third kappa shape index (κ3) is 7.13. The van der Waals surface area contributed by atoms with Gasteiger partial charge in [0, 0.05) is 19.3 Å². The molecule has 0 spiro atoms. The molecule has 5 nitrogen and oxygen atoms in total. The maximum absolute atomic E-state index is 11.9. The highest BCUT2D eigenvalue weighted by molar-refractivity contribution is 14.0. The van der Waals surface area contributed by atoms with Gasteiger partial charge in [-0.2, -0.15) is 0 Å². The molecule has 0 heterocycles. The maximum Gasteiger partial charge on any atom is 0.243 e. The number of carbonyl (C=O) groups excluding carboxylic acids is 1. The predicted molar refractivity (Wildman–Crippen MR) is 115 cm³/mol. The van der Waals surface area contributed by atoms with Crippen LogP contribution < -0.4 is 16.0 Å². The smallest absolute Gasteiger partial charge is 0.243 e. The fraction of sp³-hybridized carbons (Fsp3) is 0.263. The van der Waals surface area contributed by atoms with Crippen LogP contribution in [0.15, 0.2) is 53.5 Å². The Bertz CT molecular complexity index is 717. The molecule has 0 atom stereocenters. The van der Waals surface area contributed by atoms with Gasteiger partial charge in [-0.05, 0) is 37.1 Å². The minimum atomic E-state index is -0.115. The molecule has 0 aliphatic rings. The first-order chi connectivity index (χ1) is 11.6. The fourth-order valence-corrected chi connectivity index (χ4v) is 2.33. The molecule has 0 saturated heterocycles. The summed E-state index contributed by atoms with van der Waals surface area (Å²) in [7, 11) is 1.69. The van der Waals surface area contributed by atoms with Crippen molar-refractivity contribution in [2.24, 2.45) is 4.99 Å². The summed E-state index contributed by atoms with van der Waals surface area (Å²) in [6, 6.07) is 15.7. The second-order valence-electron chi connectivity index (χ2n) is 5.62. The summed E-state index contributed by atoms with van der Waals surface area (Å²) >= 11 is 0. The van der Waals surface area contributed by atoms with Gasteiger partial charge in [0.2, 0.25) is 5.91 Å². The minimum Gasteiger partial charge on any atom is -0.352 e. The number of rotatable bonds is 5. The third-order valence-electron chi connectivity index (χ3n) is 3.64. The van der Waals surface area contributed by atoms with Crippen molar-refractivity contribution in [3.8, 4) is 0 Å².